The molecular weight excluding hydrogens is 140 g/mol. The summed E-state index contributed by atoms with van der Waals surface area (Å²) in [6.45, 7) is 2.61. The second-order valence-electron chi connectivity index (χ2n) is 2.67. The van der Waals surface area contributed by atoms with E-state index in [9.17, 15) is 4.79 Å². The van der Waals surface area contributed by atoms with E-state index in [1.807, 2.05) is 23.8 Å². The van der Waals surface area contributed by atoms with Crippen LogP contribution in [0.3, 0.4) is 0 Å². The summed E-state index contributed by atoms with van der Waals surface area (Å²) in [5, 5.41) is 0. The highest BCUT2D eigenvalue weighted by atomic mass is 16.1. The molecule has 2 heterocycles. The van der Waals surface area contributed by atoms with E-state index >= 15 is 0 Å². The van der Waals surface area contributed by atoms with Gasteiger partial charge in [-0.3, -0.25) is 4.79 Å². The van der Waals surface area contributed by atoms with Crippen LogP contribution in [0, 0.1) is 0 Å². The first-order valence-corrected chi connectivity index (χ1v) is 3.51. The van der Waals surface area contributed by atoms with Crippen molar-refractivity contribution in [2.24, 2.45) is 4.99 Å². The Hall–Kier alpha value is -1.38. The van der Waals surface area contributed by atoms with Crippen molar-refractivity contribution in [3.63, 3.8) is 0 Å². The summed E-state index contributed by atoms with van der Waals surface area (Å²) >= 11 is 0. The van der Waals surface area contributed by atoms with Crippen molar-refractivity contribution in [3.05, 3.63) is 24.0 Å². The number of aromatic nitrogens is 1. The highest BCUT2D eigenvalue weighted by molar-refractivity contribution is 6.04. The fourth-order valence-corrected chi connectivity index (χ4v) is 1.26. The molecular formula is C8H8N2O. The second-order valence-corrected chi connectivity index (χ2v) is 2.67. The number of fused-ring (bicyclic) bond motifs is 1. The van der Waals surface area contributed by atoms with Crippen LogP contribution in [0.25, 0.3) is 0 Å². The summed E-state index contributed by atoms with van der Waals surface area (Å²) in [4.78, 5) is 15.0. The minimum Gasteiger partial charge on any atom is -0.338 e. The fraction of sp³-hybridized carbons (Fsp3) is 0.250. The zero-order valence-corrected chi connectivity index (χ0v) is 6.24. The monoisotopic (exact) mass is 148 g/mol. The van der Waals surface area contributed by atoms with Crippen LogP contribution in [0.5, 0.6) is 0 Å². The van der Waals surface area contributed by atoms with Crippen LogP contribution in [0.2, 0.25) is 0 Å². The maximum Gasteiger partial charge on any atom is 0.293 e. The molecule has 1 aromatic rings. The number of carbonyl (C=O) groups is 1. The molecule has 0 fully saturated rings. The molecule has 0 radical (unpaired) electrons. The lowest BCUT2D eigenvalue weighted by molar-refractivity contribution is 0.0990. The lowest BCUT2D eigenvalue weighted by Gasteiger charge is -2.11. The van der Waals surface area contributed by atoms with Crippen molar-refractivity contribution >= 4 is 11.6 Å². The number of rotatable bonds is 0. The van der Waals surface area contributed by atoms with E-state index < -0.39 is 0 Å². The van der Waals surface area contributed by atoms with Gasteiger partial charge in [-0.2, -0.15) is 0 Å². The van der Waals surface area contributed by atoms with Crippen molar-refractivity contribution in [2.75, 3.05) is 0 Å². The number of amides is 1. The third-order valence-electron chi connectivity index (χ3n) is 1.74. The van der Waals surface area contributed by atoms with Crippen LogP contribution in [0.1, 0.15) is 17.4 Å². The molecule has 0 saturated heterocycles. The molecule has 0 N–H and O–H groups in total. The first kappa shape index (κ1) is 6.34. The summed E-state index contributed by atoms with van der Waals surface area (Å²) in [6, 6.07) is 3.65. The van der Waals surface area contributed by atoms with Crippen LogP contribution >= 0.6 is 0 Å². The van der Waals surface area contributed by atoms with Gasteiger partial charge in [0.15, 0.2) is 0 Å². The average Bonchev–Trinajstić information content (AvgIpc) is 2.34. The van der Waals surface area contributed by atoms with Gasteiger partial charge in [0.1, 0.15) is 5.69 Å². The van der Waals surface area contributed by atoms with Gasteiger partial charge < -0.3 is 4.57 Å². The Morgan fingerprint density at radius 2 is 2.45 bits per heavy atom. The predicted octanol–water partition coefficient (Wildman–Crippen LogP) is 1.10. The Kier molecular flexibility index (Phi) is 1.18. The molecule has 0 aromatic carbocycles. The molecule has 0 atom stereocenters. The number of hydrogen-bond acceptors (Lipinski definition) is 1. The molecule has 0 spiro atoms. The van der Waals surface area contributed by atoms with E-state index in [1.165, 1.54) is 0 Å². The third-order valence-corrected chi connectivity index (χ3v) is 1.74. The number of aliphatic imine (C=N–C) groups is 1. The molecule has 0 saturated carbocycles. The largest absolute Gasteiger partial charge is 0.338 e. The molecule has 2 rings (SSSR count). The Balaban J connectivity index is 2.54. The third kappa shape index (κ3) is 0.888. The zero-order chi connectivity index (χ0) is 7.84. The summed E-state index contributed by atoms with van der Waals surface area (Å²) in [7, 11) is 0. The van der Waals surface area contributed by atoms with Crippen molar-refractivity contribution in [2.45, 2.75) is 13.5 Å². The van der Waals surface area contributed by atoms with Crippen molar-refractivity contribution < 1.29 is 4.79 Å². The van der Waals surface area contributed by atoms with Gasteiger partial charge in [0.05, 0.1) is 6.54 Å². The maximum atomic E-state index is 11.1. The van der Waals surface area contributed by atoms with Crippen molar-refractivity contribution in [3.8, 4) is 0 Å². The normalized spacial score (nSPS) is 16.1. The summed E-state index contributed by atoms with van der Waals surface area (Å²) in [6.07, 6.45) is 1.89. The minimum atomic E-state index is -0.126. The summed E-state index contributed by atoms with van der Waals surface area (Å²) < 4.78 is 1.91. The standard InChI is InChI=1S/C8H8N2O/c1-6-5-10-4-2-3-7(10)8(11)9-6/h2-4H,5H2,1H3. The molecule has 56 valence electrons. The number of carbonyl (C=O) groups excluding carboxylic acids is 1. The van der Waals surface area contributed by atoms with Crippen LogP contribution in [-0.2, 0) is 6.54 Å². The van der Waals surface area contributed by atoms with Gasteiger partial charge in [-0.1, -0.05) is 0 Å². The first-order valence-electron chi connectivity index (χ1n) is 3.51. The van der Waals surface area contributed by atoms with E-state index in [0.29, 0.717) is 5.69 Å². The minimum absolute atomic E-state index is 0.126. The Morgan fingerprint density at radius 1 is 1.64 bits per heavy atom. The first-order chi connectivity index (χ1) is 5.27. The van der Waals surface area contributed by atoms with E-state index in [0.717, 1.165) is 12.3 Å². The van der Waals surface area contributed by atoms with Crippen molar-refractivity contribution in [1.82, 2.24) is 4.57 Å². The van der Waals surface area contributed by atoms with Gasteiger partial charge in [0.25, 0.3) is 5.91 Å². The van der Waals surface area contributed by atoms with E-state index in [4.69, 9.17) is 0 Å². The molecule has 1 aliphatic heterocycles. The smallest absolute Gasteiger partial charge is 0.293 e. The van der Waals surface area contributed by atoms with Gasteiger partial charge in [-0.25, -0.2) is 4.99 Å². The van der Waals surface area contributed by atoms with Crippen LogP contribution in [0.15, 0.2) is 23.3 Å². The molecule has 1 amide bonds. The zero-order valence-electron chi connectivity index (χ0n) is 6.24. The highest BCUT2D eigenvalue weighted by Gasteiger charge is 2.14. The SMILES string of the molecule is CC1=NC(=O)c2cccn2C1. The van der Waals surface area contributed by atoms with Gasteiger partial charge in [-0.05, 0) is 19.1 Å². The van der Waals surface area contributed by atoms with Gasteiger partial charge >= 0.3 is 0 Å². The average molecular weight is 148 g/mol. The van der Waals surface area contributed by atoms with Crippen LogP contribution in [0.4, 0.5) is 0 Å². The second kappa shape index (κ2) is 2.05. The van der Waals surface area contributed by atoms with E-state index in [-0.39, 0.29) is 5.91 Å². The molecule has 0 bridgehead atoms. The Morgan fingerprint density at radius 3 is 3.27 bits per heavy atom. The maximum absolute atomic E-state index is 11.1. The fourth-order valence-electron chi connectivity index (χ4n) is 1.26. The van der Waals surface area contributed by atoms with Crippen LogP contribution < -0.4 is 0 Å². The molecule has 0 aliphatic carbocycles. The van der Waals surface area contributed by atoms with Gasteiger partial charge in [0, 0.05) is 11.9 Å². The molecule has 3 nitrogen and oxygen atoms in total. The quantitative estimate of drug-likeness (QED) is 0.542. The molecule has 11 heavy (non-hydrogen) atoms. The Bertz CT molecular complexity index is 336. The Labute approximate surface area is 64.4 Å². The molecule has 1 aromatic heterocycles. The summed E-state index contributed by atoms with van der Waals surface area (Å²) in [5.74, 6) is -0.126. The highest BCUT2D eigenvalue weighted by Crippen LogP contribution is 2.09. The van der Waals surface area contributed by atoms with Gasteiger partial charge in [-0.15, -0.1) is 0 Å². The van der Waals surface area contributed by atoms with Crippen molar-refractivity contribution in [1.29, 1.82) is 0 Å². The number of hydrogen-bond donors (Lipinski definition) is 0. The summed E-state index contributed by atoms with van der Waals surface area (Å²) in [5.41, 5.74) is 1.56. The number of nitrogens with zero attached hydrogens (tertiary/aromatic N) is 2. The topological polar surface area (TPSA) is 34.4 Å². The lowest BCUT2D eigenvalue weighted by Crippen LogP contribution is -2.18. The lowest BCUT2D eigenvalue weighted by atomic mass is 10.3. The van der Waals surface area contributed by atoms with Crippen LogP contribution in [-0.4, -0.2) is 16.2 Å². The predicted molar refractivity (Wildman–Crippen MR) is 41.9 cm³/mol. The van der Waals surface area contributed by atoms with E-state index in [1.54, 1.807) is 6.07 Å². The molecule has 3 heteroatoms. The van der Waals surface area contributed by atoms with E-state index in [2.05, 4.69) is 4.99 Å². The van der Waals surface area contributed by atoms with Gasteiger partial charge in [0.2, 0.25) is 0 Å². The molecule has 0 unspecified atom stereocenters. The molecule has 1 aliphatic rings.